The number of carbonyl (C=O) groups is 1. The molecular formula is C18H20N4O. The van der Waals surface area contributed by atoms with Crippen LogP contribution < -0.4 is 5.73 Å². The van der Waals surface area contributed by atoms with Crippen LogP contribution in [0.4, 0.5) is 5.95 Å². The van der Waals surface area contributed by atoms with Gasteiger partial charge in [0.25, 0.3) is 5.91 Å². The number of nitrogen functional groups attached to an aromatic ring is 1. The molecule has 2 heterocycles. The highest BCUT2D eigenvalue weighted by atomic mass is 16.2. The van der Waals surface area contributed by atoms with Gasteiger partial charge in [0.05, 0.1) is 6.04 Å². The molecule has 5 heteroatoms. The summed E-state index contributed by atoms with van der Waals surface area (Å²) in [7, 11) is 0. The van der Waals surface area contributed by atoms with Crippen LogP contribution in [-0.2, 0) is 0 Å². The van der Waals surface area contributed by atoms with Gasteiger partial charge in [0, 0.05) is 30.1 Å². The number of hydrogen-bond donors (Lipinski definition) is 1. The molecule has 0 bridgehead atoms. The van der Waals surface area contributed by atoms with Crippen molar-refractivity contribution in [2.75, 3.05) is 12.3 Å². The average molecular weight is 308 g/mol. The second kappa shape index (κ2) is 6.20. The first-order chi connectivity index (χ1) is 11.1. The number of nitrogens with two attached hydrogens (primary N) is 1. The van der Waals surface area contributed by atoms with Gasteiger partial charge in [-0.15, -0.1) is 0 Å². The van der Waals surface area contributed by atoms with Crippen LogP contribution in [0.5, 0.6) is 0 Å². The monoisotopic (exact) mass is 308 g/mol. The second-order valence-corrected chi connectivity index (χ2v) is 6.03. The van der Waals surface area contributed by atoms with Crippen LogP contribution in [0.3, 0.4) is 0 Å². The minimum atomic E-state index is 0.0637. The van der Waals surface area contributed by atoms with Gasteiger partial charge >= 0.3 is 0 Å². The molecule has 1 unspecified atom stereocenters. The molecule has 0 aliphatic carbocycles. The van der Waals surface area contributed by atoms with Gasteiger partial charge in [0.2, 0.25) is 5.95 Å². The van der Waals surface area contributed by atoms with E-state index in [1.54, 1.807) is 12.4 Å². The van der Waals surface area contributed by atoms with Crippen LogP contribution in [0.15, 0.2) is 48.8 Å². The summed E-state index contributed by atoms with van der Waals surface area (Å²) in [4.78, 5) is 22.6. The highest BCUT2D eigenvalue weighted by molar-refractivity contribution is 5.95. The maximum absolute atomic E-state index is 12.7. The van der Waals surface area contributed by atoms with Gasteiger partial charge < -0.3 is 10.6 Å². The minimum Gasteiger partial charge on any atom is -0.368 e. The zero-order chi connectivity index (χ0) is 16.4. The van der Waals surface area contributed by atoms with E-state index in [0.717, 1.165) is 11.1 Å². The summed E-state index contributed by atoms with van der Waals surface area (Å²) < 4.78 is 0. The zero-order valence-electron chi connectivity index (χ0n) is 13.3. The molecule has 0 spiro atoms. The molecule has 1 aliphatic rings. The third kappa shape index (κ3) is 3.08. The first-order valence-corrected chi connectivity index (χ1v) is 7.72. The van der Waals surface area contributed by atoms with E-state index in [0.29, 0.717) is 18.0 Å². The van der Waals surface area contributed by atoms with Crippen molar-refractivity contribution in [2.45, 2.75) is 19.9 Å². The lowest BCUT2D eigenvalue weighted by Gasteiger charge is -2.27. The molecule has 118 valence electrons. The number of hydrogen-bond acceptors (Lipinski definition) is 4. The molecule has 1 atom stereocenters. The summed E-state index contributed by atoms with van der Waals surface area (Å²) in [6.45, 7) is 4.94. The Hall–Kier alpha value is -2.69. The number of carbonyl (C=O) groups excluding carboxylic acids is 1. The third-order valence-electron chi connectivity index (χ3n) is 4.08. The summed E-state index contributed by atoms with van der Waals surface area (Å²) in [5, 5.41) is 0. The molecule has 0 radical (unpaired) electrons. The van der Waals surface area contributed by atoms with Crippen LogP contribution in [0.1, 0.15) is 24.2 Å². The van der Waals surface area contributed by atoms with Crippen molar-refractivity contribution in [1.29, 1.82) is 0 Å². The fraction of sp³-hybridized carbons (Fsp3) is 0.278. The first kappa shape index (κ1) is 15.2. The Bertz CT molecular complexity index is 720. The molecular weight excluding hydrogens is 288 g/mol. The largest absolute Gasteiger partial charge is 0.368 e. The van der Waals surface area contributed by atoms with E-state index >= 15 is 0 Å². The normalized spacial score (nSPS) is 17.0. The van der Waals surface area contributed by atoms with Crippen LogP contribution in [0.25, 0.3) is 11.1 Å². The summed E-state index contributed by atoms with van der Waals surface area (Å²) >= 11 is 0. The van der Waals surface area contributed by atoms with Crippen LogP contribution in [0.2, 0.25) is 0 Å². The van der Waals surface area contributed by atoms with Crippen molar-refractivity contribution in [2.24, 2.45) is 5.92 Å². The van der Waals surface area contributed by atoms with Gasteiger partial charge in [0.15, 0.2) is 0 Å². The first-order valence-electron chi connectivity index (χ1n) is 7.72. The van der Waals surface area contributed by atoms with Crippen LogP contribution >= 0.6 is 0 Å². The van der Waals surface area contributed by atoms with Crippen LogP contribution in [0, 0.1) is 5.92 Å². The number of anilines is 1. The predicted octanol–water partition coefficient (Wildman–Crippen LogP) is 2.76. The van der Waals surface area contributed by atoms with Gasteiger partial charge in [0.1, 0.15) is 0 Å². The number of rotatable bonds is 3. The van der Waals surface area contributed by atoms with Crippen molar-refractivity contribution in [3.8, 4) is 11.1 Å². The van der Waals surface area contributed by atoms with E-state index < -0.39 is 0 Å². The molecule has 23 heavy (non-hydrogen) atoms. The van der Waals surface area contributed by atoms with Crippen LogP contribution in [-0.4, -0.2) is 33.4 Å². The fourth-order valence-corrected chi connectivity index (χ4v) is 2.80. The molecule has 0 saturated carbocycles. The molecule has 2 aromatic rings. The smallest absolute Gasteiger partial charge is 0.254 e. The maximum Gasteiger partial charge on any atom is 0.254 e. The van der Waals surface area contributed by atoms with Crippen molar-refractivity contribution in [1.82, 2.24) is 14.9 Å². The van der Waals surface area contributed by atoms with E-state index in [4.69, 9.17) is 5.73 Å². The number of amides is 1. The highest BCUT2D eigenvalue weighted by Gasteiger charge is 2.27. The summed E-state index contributed by atoms with van der Waals surface area (Å²) in [6, 6.07) is 7.70. The van der Waals surface area contributed by atoms with Gasteiger partial charge in [-0.2, -0.15) is 0 Å². The van der Waals surface area contributed by atoms with Gasteiger partial charge in [-0.05, 0) is 23.6 Å². The Morgan fingerprint density at radius 3 is 2.43 bits per heavy atom. The van der Waals surface area contributed by atoms with E-state index in [1.165, 1.54) is 0 Å². The van der Waals surface area contributed by atoms with Gasteiger partial charge in [-0.3, -0.25) is 4.79 Å². The summed E-state index contributed by atoms with van der Waals surface area (Å²) in [5.74, 6) is 0.722. The van der Waals surface area contributed by atoms with E-state index in [1.807, 2.05) is 29.2 Å². The van der Waals surface area contributed by atoms with Crippen molar-refractivity contribution >= 4 is 11.9 Å². The summed E-state index contributed by atoms with van der Waals surface area (Å²) in [6.07, 6.45) is 7.53. The van der Waals surface area contributed by atoms with E-state index in [-0.39, 0.29) is 17.9 Å². The third-order valence-corrected chi connectivity index (χ3v) is 4.08. The Kier molecular flexibility index (Phi) is 4.10. The van der Waals surface area contributed by atoms with E-state index in [9.17, 15) is 4.79 Å². The highest BCUT2D eigenvalue weighted by Crippen LogP contribution is 2.23. The van der Waals surface area contributed by atoms with Gasteiger partial charge in [-0.25, -0.2) is 9.97 Å². The van der Waals surface area contributed by atoms with E-state index in [2.05, 4.69) is 36.0 Å². The molecule has 1 aromatic carbocycles. The number of nitrogens with zero attached hydrogens (tertiary/aromatic N) is 3. The van der Waals surface area contributed by atoms with Crippen molar-refractivity contribution < 1.29 is 4.79 Å². The molecule has 1 aliphatic heterocycles. The standard InChI is InChI=1S/C18H20N4O/c1-12(2)16-4-3-9-22(16)17(23)14-7-5-13(6-8-14)15-10-20-18(19)21-11-15/h3-8,10-12,16H,9H2,1-2H3,(H2,19,20,21). The molecule has 0 saturated heterocycles. The SMILES string of the molecule is CC(C)C1C=CCN1C(=O)c1ccc(-c2cnc(N)nc2)cc1. The van der Waals surface area contributed by atoms with Crippen molar-refractivity contribution in [3.63, 3.8) is 0 Å². The maximum atomic E-state index is 12.7. The Morgan fingerprint density at radius 2 is 1.83 bits per heavy atom. The molecule has 2 N–H and O–H groups in total. The predicted molar refractivity (Wildman–Crippen MR) is 90.7 cm³/mol. The van der Waals surface area contributed by atoms with Crippen molar-refractivity contribution in [3.05, 3.63) is 54.4 Å². The summed E-state index contributed by atoms with van der Waals surface area (Å²) in [5.41, 5.74) is 8.03. The molecule has 3 rings (SSSR count). The lowest BCUT2D eigenvalue weighted by molar-refractivity contribution is 0.0720. The Morgan fingerprint density at radius 1 is 1.17 bits per heavy atom. The number of aromatic nitrogens is 2. The topological polar surface area (TPSA) is 72.1 Å². The molecule has 1 aromatic heterocycles. The molecule has 0 fully saturated rings. The van der Waals surface area contributed by atoms with Gasteiger partial charge in [-0.1, -0.05) is 38.1 Å². The quantitative estimate of drug-likeness (QED) is 0.885. The average Bonchev–Trinajstić information content (AvgIpc) is 3.05. The zero-order valence-corrected chi connectivity index (χ0v) is 13.3. The lowest BCUT2D eigenvalue weighted by atomic mass is 10.0. The fourth-order valence-electron chi connectivity index (χ4n) is 2.80. The minimum absolute atomic E-state index is 0.0637. The lowest BCUT2D eigenvalue weighted by Crippen LogP contribution is -2.38. The Balaban J connectivity index is 1.79. The molecule has 5 nitrogen and oxygen atoms in total. The second-order valence-electron chi connectivity index (χ2n) is 6.03. The number of benzene rings is 1. The molecule has 1 amide bonds. The Labute approximate surface area is 135 Å².